The lowest BCUT2D eigenvalue weighted by Gasteiger charge is -2.18. The summed E-state index contributed by atoms with van der Waals surface area (Å²) in [6, 6.07) is 9.83. The van der Waals surface area contributed by atoms with Gasteiger partial charge in [0.15, 0.2) is 5.60 Å². The van der Waals surface area contributed by atoms with Crippen LogP contribution in [0.3, 0.4) is 0 Å². The number of carboxylic acid groups (broad SMARTS) is 1. The summed E-state index contributed by atoms with van der Waals surface area (Å²) in [6.07, 6.45) is 2.12. The molecule has 6 nitrogen and oxygen atoms in total. The zero-order valence-corrected chi connectivity index (χ0v) is 11.7. The molecule has 0 aliphatic carbocycles. The van der Waals surface area contributed by atoms with Crippen LogP contribution in [0.15, 0.2) is 36.5 Å². The Morgan fingerprint density at radius 3 is 2.71 bits per heavy atom. The molecule has 0 aliphatic rings. The predicted molar refractivity (Wildman–Crippen MR) is 77.8 cm³/mol. The highest BCUT2D eigenvalue weighted by Crippen LogP contribution is 2.15. The fraction of sp³-hybridized carbons (Fsp3) is 0.333. The average Bonchev–Trinajstić information content (AvgIpc) is 2.86. The maximum atomic E-state index is 11.7. The second-order valence-electron chi connectivity index (χ2n) is 5.17. The second kappa shape index (κ2) is 5.97. The Labute approximate surface area is 122 Å². The van der Waals surface area contributed by atoms with E-state index in [2.05, 4.69) is 5.32 Å². The molecule has 0 fully saturated rings. The molecule has 1 aromatic heterocycles. The van der Waals surface area contributed by atoms with Crippen LogP contribution in [-0.2, 0) is 16.1 Å². The van der Waals surface area contributed by atoms with Crippen LogP contribution < -0.4 is 5.32 Å². The maximum Gasteiger partial charge on any atom is 0.337 e. The Morgan fingerprint density at radius 2 is 2.00 bits per heavy atom. The van der Waals surface area contributed by atoms with Crippen LogP contribution in [0.2, 0.25) is 0 Å². The van der Waals surface area contributed by atoms with E-state index in [-0.39, 0.29) is 18.9 Å². The van der Waals surface area contributed by atoms with Crippen molar-refractivity contribution in [1.29, 1.82) is 0 Å². The monoisotopic (exact) mass is 290 g/mol. The molecule has 0 radical (unpaired) electrons. The lowest BCUT2D eigenvalue weighted by molar-refractivity contribution is -0.156. The number of rotatable bonds is 6. The average molecular weight is 290 g/mol. The molecule has 0 spiro atoms. The maximum absolute atomic E-state index is 11.7. The highest BCUT2D eigenvalue weighted by atomic mass is 16.4. The van der Waals surface area contributed by atoms with Crippen molar-refractivity contribution >= 4 is 22.8 Å². The Balaban J connectivity index is 1.88. The minimum atomic E-state index is -1.95. The summed E-state index contributed by atoms with van der Waals surface area (Å²) in [4.78, 5) is 22.4. The van der Waals surface area contributed by atoms with Gasteiger partial charge in [-0.3, -0.25) is 4.79 Å². The minimum Gasteiger partial charge on any atom is -0.479 e. The number of benzene rings is 1. The summed E-state index contributed by atoms with van der Waals surface area (Å²) in [5, 5.41) is 21.8. The minimum absolute atomic E-state index is 0.217. The summed E-state index contributed by atoms with van der Waals surface area (Å²) in [7, 11) is 0. The van der Waals surface area contributed by atoms with Crippen molar-refractivity contribution in [2.45, 2.75) is 25.5 Å². The number of para-hydroxylation sites is 1. The first-order valence-corrected chi connectivity index (χ1v) is 6.66. The third kappa shape index (κ3) is 3.61. The van der Waals surface area contributed by atoms with Crippen molar-refractivity contribution in [2.75, 3.05) is 6.54 Å². The highest BCUT2D eigenvalue weighted by molar-refractivity contribution is 5.81. The number of amides is 1. The number of carbonyl (C=O) groups is 2. The number of carboxylic acids is 1. The molecule has 0 aliphatic heterocycles. The summed E-state index contributed by atoms with van der Waals surface area (Å²) in [6.45, 7) is 1.33. The molecule has 21 heavy (non-hydrogen) atoms. The first kappa shape index (κ1) is 15.1. The van der Waals surface area contributed by atoms with E-state index in [1.807, 2.05) is 41.1 Å². The van der Waals surface area contributed by atoms with Crippen molar-refractivity contribution in [3.63, 3.8) is 0 Å². The van der Waals surface area contributed by atoms with Crippen molar-refractivity contribution < 1.29 is 19.8 Å². The van der Waals surface area contributed by atoms with Crippen molar-refractivity contribution in [3.8, 4) is 0 Å². The van der Waals surface area contributed by atoms with Crippen LogP contribution in [0.1, 0.15) is 13.3 Å². The quantitative estimate of drug-likeness (QED) is 0.739. The van der Waals surface area contributed by atoms with Gasteiger partial charge < -0.3 is 20.1 Å². The van der Waals surface area contributed by atoms with Gasteiger partial charge in [-0.25, -0.2) is 4.79 Å². The van der Waals surface area contributed by atoms with Crippen LogP contribution in [0.5, 0.6) is 0 Å². The molecule has 1 atom stereocenters. The van der Waals surface area contributed by atoms with Gasteiger partial charge in [0.25, 0.3) is 0 Å². The molecule has 6 heteroatoms. The Kier molecular flexibility index (Phi) is 4.28. The van der Waals surface area contributed by atoms with E-state index in [1.165, 1.54) is 0 Å². The largest absolute Gasteiger partial charge is 0.479 e. The number of fused-ring (bicyclic) bond motifs is 1. The molecule has 0 saturated heterocycles. The Morgan fingerprint density at radius 1 is 1.29 bits per heavy atom. The Bertz CT molecular complexity index is 660. The van der Waals surface area contributed by atoms with Crippen molar-refractivity contribution in [3.05, 3.63) is 36.5 Å². The first-order chi connectivity index (χ1) is 9.90. The fourth-order valence-electron chi connectivity index (χ4n) is 1.99. The van der Waals surface area contributed by atoms with E-state index in [0.29, 0.717) is 6.54 Å². The third-order valence-electron chi connectivity index (χ3n) is 3.35. The number of aryl methyl sites for hydroxylation is 1. The van der Waals surface area contributed by atoms with Crippen LogP contribution in [-0.4, -0.2) is 38.8 Å². The number of aliphatic carboxylic acids is 1. The van der Waals surface area contributed by atoms with Gasteiger partial charge in [0.1, 0.15) is 0 Å². The van der Waals surface area contributed by atoms with Crippen molar-refractivity contribution in [2.24, 2.45) is 0 Å². The number of carbonyl (C=O) groups excluding carboxylic acids is 1. The van der Waals surface area contributed by atoms with E-state index in [0.717, 1.165) is 17.8 Å². The summed E-state index contributed by atoms with van der Waals surface area (Å²) < 4.78 is 1.96. The molecule has 1 aromatic carbocycles. The van der Waals surface area contributed by atoms with Crippen molar-refractivity contribution in [1.82, 2.24) is 9.88 Å². The molecular weight excluding hydrogens is 272 g/mol. The Hall–Kier alpha value is -2.34. The van der Waals surface area contributed by atoms with E-state index in [4.69, 9.17) is 5.11 Å². The molecule has 1 amide bonds. The zero-order chi connectivity index (χ0) is 15.5. The van der Waals surface area contributed by atoms with Gasteiger partial charge in [0.2, 0.25) is 5.91 Å². The standard InChI is InChI=1S/C15H18N2O4/c1-15(21,14(19)20)10-16-13(18)7-9-17-8-6-11-4-2-3-5-12(11)17/h2-6,8,21H,7,9-10H2,1H3,(H,16,18)(H,19,20). The highest BCUT2D eigenvalue weighted by Gasteiger charge is 2.30. The van der Waals surface area contributed by atoms with Crippen LogP contribution in [0, 0.1) is 0 Å². The molecule has 112 valence electrons. The molecule has 1 unspecified atom stereocenters. The summed E-state index contributed by atoms with van der Waals surface area (Å²) in [5.74, 6) is -1.66. The van der Waals surface area contributed by atoms with Gasteiger partial charge in [-0.15, -0.1) is 0 Å². The third-order valence-corrected chi connectivity index (χ3v) is 3.35. The second-order valence-corrected chi connectivity index (χ2v) is 5.17. The topological polar surface area (TPSA) is 91.6 Å². The molecule has 0 bridgehead atoms. The lowest BCUT2D eigenvalue weighted by Crippen LogP contribution is -2.46. The number of hydrogen-bond donors (Lipinski definition) is 3. The van der Waals surface area contributed by atoms with Gasteiger partial charge in [-0.2, -0.15) is 0 Å². The number of nitrogens with one attached hydrogen (secondary N) is 1. The number of aliphatic hydroxyl groups is 1. The predicted octanol–water partition coefficient (Wildman–Crippen LogP) is 0.983. The molecule has 3 N–H and O–H groups in total. The lowest BCUT2D eigenvalue weighted by atomic mass is 10.1. The van der Waals surface area contributed by atoms with Crippen LogP contribution in [0.25, 0.3) is 10.9 Å². The summed E-state index contributed by atoms with van der Waals surface area (Å²) >= 11 is 0. The summed E-state index contributed by atoms with van der Waals surface area (Å²) in [5.41, 5.74) is -0.904. The molecular formula is C15H18N2O4. The van der Waals surface area contributed by atoms with E-state index in [1.54, 1.807) is 0 Å². The molecule has 1 heterocycles. The van der Waals surface area contributed by atoms with Gasteiger partial charge in [-0.05, 0) is 24.4 Å². The normalized spacial score (nSPS) is 13.8. The van der Waals surface area contributed by atoms with Gasteiger partial charge in [0.05, 0.1) is 6.54 Å². The van der Waals surface area contributed by atoms with E-state index in [9.17, 15) is 14.7 Å². The van der Waals surface area contributed by atoms with Crippen LogP contribution in [0.4, 0.5) is 0 Å². The van der Waals surface area contributed by atoms with Gasteiger partial charge in [-0.1, -0.05) is 18.2 Å². The molecule has 0 saturated carbocycles. The molecule has 2 aromatic rings. The number of hydrogen-bond acceptors (Lipinski definition) is 3. The van der Waals surface area contributed by atoms with E-state index >= 15 is 0 Å². The smallest absolute Gasteiger partial charge is 0.337 e. The van der Waals surface area contributed by atoms with Gasteiger partial charge >= 0.3 is 5.97 Å². The van der Waals surface area contributed by atoms with Gasteiger partial charge in [0, 0.05) is 24.7 Å². The fourth-order valence-corrected chi connectivity index (χ4v) is 1.99. The van der Waals surface area contributed by atoms with E-state index < -0.39 is 11.6 Å². The number of nitrogens with zero attached hydrogens (tertiary/aromatic N) is 1. The number of aromatic nitrogens is 1. The zero-order valence-electron chi connectivity index (χ0n) is 11.7. The molecule has 2 rings (SSSR count). The van der Waals surface area contributed by atoms with Crippen LogP contribution >= 0.6 is 0 Å². The first-order valence-electron chi connectivity index (χ1n) is 6.66. The SMILES string of the molecule is CC(O)(CNC(=O)CCn1ccc2ccccc21)C(=O)O.